The van der Waals surface area contributed by atoms with Gasteiger partial charge in [-0.3, -0.25) is 4.90 Å². The van der Waals surface area contributed by atoms with Gasteiger partial charge in [0.25, 0.3) is 0 Å². The molecule has 0 radical (unpaired) electrons. The molecule has 15 heavy (non-hydrogen) atoms. The van der Waals surface area contributed by atoms with Crippen LogP contribution in [0.15, 0.2) is 30.3 Å². The van der Waals surface area contributed by atoms with E-state index in [1.165, 1.54) is 4.90 Å². The Bertz CT molecular complexity index is 391. The van der Waals surface area contributed by atoms with Crippen LogP contribution in [0.3, 0.4) is 0 Å². The highest BCUT2D eigenvalue weighted by Crippen LogP contribution is 2.17. The first-order chi connectivity index (χ1) is 7.18. The average Bonchev–Trinajstić information content (AvgIpc) is 2.62. The summed E-state index contributed by atoms with van der Waals surface area (Å²) >= 11 is 0. The Hall–Kier alpha value is -2.04. The lowest BCUT2D eigenvalue weighted by Crippen LogP contribution is -2.33. The second-order valence-electron chi connectivity index (χ2n) is 3.29. The maximum atomic E-state index is 11.4. The fraction of sp³-hybridized carbons (Fsp3) is 0.200. The predicted molar refractivity (Wildman–Crippen MR) is 53.7 cm³/mol. The van der Waals surface area contributed by atoms with E-state index in [-0.39, 0.29) is 12.6 Å². The molecule has 1 heterocycles. The first-order valence-corrected chi connectivity index (χ1v) is 4.54. The van der Waals surface area contributed by atoms with Crippen molar-refractivity contribution in [3.8, 4) is 0 Å². The molecular formula is C10H10N2O3. The van der Waals surface area contributed by atoms with Gasteiger partial charge in [0.1, 0.15) is 6.04 Å². The van der Waals surface area contributed by atoms with Gasteiger partial charge in [-0.2, -0.15) is 0 Å². The molecule has 1 aromatic rings. The number of carbonyl (C=O) groups is 2. The maximum absolute atomic E-state index is 11.4. The van der Waals surface area contributed by atoms with Gasteiger partial charge in [0, 0.05) is 5.69 Å². The lowest BCUT2D eigenvalue weighted by atomic mass is 10.2. The van der Waals surface area contributed by atoms with Crippen molar-refractivity contribution in [2.24, 2.45) is 0 Å². The molecule has 5 heteroatoms. The van der Waals surface area contributed by atoms with Gasteiger partial charge in [0.15, 0.2) is 0 Å². The minimum atomic E-state index is -1.01. The second kappa shape index (κ2) is 3.61. The summed E-state index contributed by atoms with van der Waals surface area (Å²) in [7, 11) is 0. The number of rotatable bonds is 2. The van der Waals surface area contributed by atoms with Crippen LogP contribution in [-0.4, -0.2) is 29.7 Å². The zero-order chi connectivity index (χ0) is 10.8. The Morgan fingerprint density at radius 2 is 2.07 bits per heavy atom. The van der Waals surface area contributed by atoms with Crippen LogP contribution in [0.4, 0.5) is 10.5 Å². The number of para-hydroxylation sites is 1. The van der Waals surface area contributed by atoms with Crippen LogP contribution in [-0.2, 0) is 4.79 Å². The highest BCUT2D eigenvalue weighted by atomic mass is 16.4. The predicted octanol–water partition coefficient (Wildman–Crippen LogP) is 0.669. The molecule has 2 amide bonds. The van der Waals surface area contributed by atoms with E-state index in [1.54, 1.807) is 24.3 Å². The van der Waals surface area contributed by atoms with E-state index < -0.39 is 12.0 Å². The van der Waals surface area contributed by atoms with Crippen molar-refractivity contribution in [2.75, 3.05) is 11.4 Å². The third-order valence-corrected chi connectivity index (χ3v) is 2.27. The standard InChI is InChI=1S/C10H10N2O3/c13-9(14)8-6-12(10(15)11-8)7-4-2-1-3-5-7/h1-5,8H,6H2,(H,11,15)(H,13,14)/t8-/m0/s1. The van der Waals surface area contributed by atoms with Gasteiger partial charge in [-0.15, -0.1) is 0 Å². The van der Waals surface area contributed by atoms with Crippen LogP contribution >= 0.6 is 0 Å². The number of benzene rings is 1. The zero-order valence-corrected chi connectivity index (χ0v) is 7.88. The molecule has 0 bridgehead atoms. The van der Waals surface area contributed by atoms with E-state index in [0.29, 0.717) is 5.69 Å². The number of hydrogen-bond acceptors (Lipinski definition) is 2. The van der Waals surface area contributed by atoms with Crippen molar-refractivity contribution in [3.05, 3.63) is 30.3 Å². The summed E-state index contributed by atoms with van der Waals surface area (Å²) in [6.07, 6.45) is 0. The molecule has 1 saturated heterocycles. The first kappa shape index (κ1) is 9.51. The molecule has 1 aliphatic heterocycles. The Labute approximate surface area is 86.3 Å². The lowest BCUT2D eigenvalue weighted by molar-refractivity contribution is -0.138. The second-order valence-corrected chi connectivity index (χ2v) is 3.29. The summed E-state index contributed by atoms with van der Waals surface area (Å²) in [4.78, 5) is 23.5. The van der Waals surface area contributed by atoms with Gasteiger partial charge in [0.05, 0.1) is 6.54 Å². The van der Waals surface area contributed by atoms with E-state index >= 15 is 0 Å². The molecule has 0 aliphatic carbocycles. The van der Waals surface area contributed by atoms with E-state index in [0.717, 1.165) is 0 Å². The number of amides is 2. The Morgan fingerprint density at radius 1 is 1.40 bits per heavy atom. The molecule has 0 aromatic heterocycles. The molecule has 1 atom stereocenters. The number of aliphatic carboxylic acids is 1. The number of hydrogen-bond donors (Lipinski definition) is 2. The molecule has 2 rings (SSSR count). The van der Waals surface area contributed by atoms with Crippen LogP contribution in [0.1, 0.15) is 0 Å². The van der Waals surface area contributed by atoms with Crippen molar-refractivity contribution in [2.45, 2.75) is 6.04 Å². The minimum absolute atomic E-state index is 0.165. The molecular weight excluding hydrogens is 196 g/mol. The Morgan fingerprint density at radius 3 is 2.60 bits per heavy atom. The summed E-state index contributed by atoms with van der Waals surface area (Å²) in [5.41, 5.74) is 0.707. The van der Waals surface area contributed by atoms with Crippen molar-refractivity contribution in [3.63, 3.8) is 0 Å². The third-order valence-electron chi connectivity index (χ3n) is 2.27. The van der Waals surface area contributed by atoms with Crippen molar-refractivity contribution in [1.29, 1.82) is 0 Å². The van der Waals surface area contributed by atoms with Gasteiger partial charge in [-0.05, 0) is 12.1 Å². The molecule has 1 aliphatic rings. The number of carboxylic acid groups (broad SMARTS) is 1. The van der Waals surface area contributed by atoms with Crippen LogP contribution in [0.2, 0.25) is 0 Å². The normalized spacial score (nSPS) is 20.1. The van der Waals surface area contributed by atoms with Crippen LogP contribution < -0.4 is 10.2 Å². The fourth-order valence-corrected chi connectivity index (χ4v) is 1.51. The SMILES string of the molecule is O=C(O)[C@@H]1CN(c2ccccc2)C(=O)N1. The number of carbonyl (C=O) groups excluding carboxylic acids is 1. The smallest absolute Gasteiger partial charge is 0.328 e. The zero-order valence-electron chi connectivity index (χ0n) is 7.88. The fourth-order valence-electron chi connectivity index (χ4n) is 1.51. The molecule has 1 aromatic carbocycles. The van der Waals surface area contributed by atoms with Gasteiger partial charge in [-0.25, -0.2) is 9.59 Å². The highest BCUT2D eigenvalue weighted by Gasteiger charge is 2.33. The monoisotopic (exact) mass is 206 g/mol. The van der Waals surface area contributed by atoms with Gasteiger partial charge in [-0.1, -0.05) is 18.2 Å². The molecule has 5 nitrogen and oxygen atoms in total. The van der Waals surface area contributed by atoms with E-state index in [9.17, 15) is 9.59 Å². The summed E-state index contributed by atoms with van der Waals surface area (Å²) in [5, 5.41) is 11.1. The van der Waals surface area contributed by atoms with Crippen LogP contribution in [0, 0.1) is 0 Å². The van der Waals surface area contributed by atoms with Crippen molar-refractivity contribution < 1.29 is 14.7 Å². The number of nitrogens with zero attached hydrogens (tertiary/aromatic N) is 1. The highest BCUT2D eigenvalue weighted by molar-refractivity contribution is 5.98. The van der Waals surface area contributed by atoms with E-state index in [4.69, 9.17) is 5.11 Å². The maximum Gasteiger partial charge on any atom is 0.328 e. The quantitative estimate of drug-likeness (QED) is 0.747. The molecule has 0 unspecified atom stereocenters. The number of anilines is 1. The number of carboxylic acids is 1. The Kier molecular flexibility index (Phi) is 2.29. The largest absolute Gasteiger partial charge is 0.480 e. The van der Waals surface area contributed by atoms with Crippen molar-refractivity contribution in [1.82, 2.24) is 5.32 Å². The van der Waals surface area contributed by atoms with Crippen molar-refractivity contribution >= 4 is 17.7 Å². The Balaban J connectivity index is 2.19. The van der Waals surface area contributed by atoms with Crippen LogP contribution in [0.25, 0.3) is 0 Å². The van der Waals surface area contributed by atoms with E-state index in [1.807, 2.05) is 6.07 Å². The summed E-state index contributed by atoms with van der Waals surface area (Å²) in [6, 6.07) is 7.79. The van der Waals surface area contributed by atoms with E-state index in [2.05, 4.69) is 5.32 Å². The molecule has 0 spiro atoms. The topological polar surface area (TPSA) is 69.6 Å². The molecule has 78 valence electrons. The summed E-state index contributed by atoms with van der Waals surface area (Å²) in [5.74, 6) is -1.01. The summed E-state index contributed by atoms with van der Waals surface area (Å²) in [6.45, 7) is 0.165. The summed E-state index contributed by atoms with van der Waals surface area (Å²) < 4.78 is 0. The minimum Gasteiger partial charge on any atom is -0.480 e. The molecule has 1 fully saturated rings. The lowest BCUT2D eigenvalue weighted by Gasteiger charge is -2.13. The number of urea groups is 1. The number of nitrogens with one attached hydrogen (secondary N) is 1. The molecule has 0 saturated carbocycles. The average molecular weight is 206 g/mol. The first-order valence-electron chi connectivity index (χ1n) is 4.54. The van der Waals surface area contributed by atoms with Gasteiger partial charge >= 0.3 is 12.0 Å². The van der Waals surface area contributed by atoms with Gasteiger partial charge in [0.2, 0.25) is 0 Å². The third kappa shape index (κ3) is 1.76. The molecule has 2 N–H and O–H groups in total. The van der Waals surface area contributed by atoms with Gasteiger partial charge < -0.3 is 10.4 Å². The van der Waals surface area contributed by atoms with Crippen LogP contribution in [0.5, 0.6) is 0 Å².